The molecule has 194 valence electrons. The molecule has 13 heteroatoms. The molecular formula is C22H30F3N5O5. The largest absolute Gasteiger partial charge is 0.490 e. The number of piperazine rings is 1. The molecule has 2 aromatic rings. The van der Waals surface area contributed by atoms with Gasteiger partial charge in [0, 0.05) is 44.5 Å². The second-order valence-electron chi connectivity index (χ2n) is 8.43. The number of carbonyl (C=O) groups excluding carboxylic acids is 2. The van der Waals surface area contributed by atoms with Gasteiger partial charge in [0.15, 0.2) is 0 Å². The molecule has 0 spiro atoms. The van der Waals surface area contributed by atoms with E-state index in [1.807, 2.05) is 51.0 Å². The van der Waals surface area contributed by atoms with E-state index in [-0.39, 0.29) is 24.3 Å². The van der Waals surface area contributed by atoms with Gasteiger partial charge in [-0.1, -0.05) is 0 Å². The highest BCUT2D eigenvalue weighted by atomic mass is 19.4. The molecule has 0 bridgehead atoms. The van der Waals surface area contributed by atoms with Crippen LogP contribution in [0.4, 0.5) is 13.2 Å². The number of nitrogens with zero attached hydrogens (tertiary/aromatic N) is 4. The third kappa shape index (κ3) is 8.42. The van der Waals surface area contributed by atoms with E-state index < -0.39 is 18.2 Å². The number of aromatic nitrogens is 2. The Hall–Kier alpha value is -3.35. The Morgan fingerprint density at radius 3 is 2.49 bits per heavy atom. The van der Waals surface area contributed by atoms with E-state index in [9.17, 15) is 22.8 Å². The Morgan fingerprint density at radius 1 is 1.34 bits per heavy atom. The number of furan rings is 1. The van der Waals surface area contributed by atoms with Crippen LogP contribution in [0.3, 0.4) is 0 Å². The van der Waals surface area contributed by atoms with E-state index in [0.717, 1.165) is 17.1 Å². The van der Waals surface area contributed by atoms with Gasteiger partial charge in [-0.05, 0) is 32.9 Å². The number of amides is 2. The highest BCUT2D eigenvalue weighted by molar-refractivity contribution is 5.89. The lowest BCUT2D eigenvalue weighted by atomic mass is 10.1. The molecule has 10 nitrogen and oxygen atoms in total. The van der Waals surface area contributed by atoms with Gasteiger partial charge in [-0.25, -0.2) is 4.79 Å². The fourth-order valence-corrected chi connectivity index (χ4v) is 3.54. The van der Waals surface area contributed by atoms with Crippen molar-refractivity contribution in [1.82, 2.24) is 24.9 Å². The van der Waals surface area contributed by atoms with Crippen LogP contribution in [0.2, 0.25) is 0 Å². The zero-order valence-corrected chi connectivity index (χ0v) is 20.0. The molecule has 2 aromatic heterocycles. The molecule has 0 aromatic carbocycles. The summed E-state index contributed by atoms with van der Waals surface area (Å²) in [6.45, 7) is 8.13. The summed E-state index contributed by atoms with van der Waals surface area (Å²) in [7, 11) is 1.85. The van der Waals surface area contributed by atoms with Gasteiger partial charge in [0.25, 0.3) is 0 Å². The zero-order valence-electron chi connectivity index (χ0n) is 20.0. The fraction of sp³-hybridized carbons (Fsp3) is 0.545. The molecule has 1 fully saturated rings. The van der Waals surface area contributed by atoms with Crippen LogP contribution in [0.1, 0.15) is 37.4 Å². The molecule has 0 radical (unpaired) electrons. The summed E-state index contributed by atoms with van der Waals surface area (Å²) >= 11 is 0. The SMILES string of the molecule is Cc1ccc(CN2CCNC(=O)C2CC(=O)N(Cc2cnn(C)c2)C(C)C)o1.O=C(O)C(F)(F)F. The van der Waals surface area contributed by atoms with Gasteiger partial charge in [0.05, 0.1) is 25.2 Å². The molecule has 0 saturated carbocycles. The third-order valence-electron chi connectivity index (χ3n) is 5.26. The lowest BCUT2D eigenvalue weighted by Crippen LogP contribution is -2.56. The summed E-state index contributed by atoms with van der Waals surface area (Å²) in [5.41, 5.74) is 0.973. The van der Waals surface area contributed by atoms with Crippen molar-refractivity contribution < 1.29 is 37.1 Å². The van der Waals surface area contributed by atoms with Crippen molar-refractivity contribution in [3.05, 3.63) is 41.6 Å². The number of carbonyl (C=O) groups is 3. The first-order valence-electron chi connectivity index (χ1n) is 10.9. The third-order valence-corrected chi connectivity index (χ3v) is 5.26. The predicted octanol–water partition coefficient (Wildman–Crippen LogP) is 2.08. The zero-order chi connectivity index (χ0) is 26.3. The first-order valence-corrected chi connectivity index (χ1v) is 10.9. The van der Waals surface area contributed by atoms with E-state index in [1.165, 1.54) is 0 Å². The molecule has 35 heavy (non-hydrogen) atoms. The van der Waals surface area contributed by atoms with Crippen molar-refractivity contribution in [2.45, 2.75) is 58.5 Å². The average Bonchev–Trinajstić information content (AvgIpc) is 3.35. The Bertz CT molecular complexity index is 1020. The summed E-state index contributed by atoms with van der Waals surface area (Å²) < 4.78 is 39.1. The van der Waals surface area contributed by atoms with Crippen molar-refractivity contribution in [1.29, 1.82) is 0 Å². The van der Waals surface area contributed by atoms with Crippen molar-refractivity contribution in [3.63, 3.8) is 0 Å². The monoisotopic (exact) mass is 501 g/mol. The summed E-state index contributed by atoms with van der Waals surface area (Å²) in [5.74, 6) is -1.26. The highest BCUT2D eigenvalue weighted by Gasteiger charge is 2.38. The number of rotatable bonds is 7. The van der Waals surface area contributed by atoms with Crippen molar-refractivity contribution >= 4 is 17.8 Å². The topological polar surface area (TPSA) is 121 Å². The number of hydrogen-bond donors (Lipinski definition) is 2. The normalized spacial score (nSPS) is 16.5. The number of carboxylic acid groups (broad SMARTS) is 1. The number of nitrogens with one attached hydrogen (secondary N) is 1. The lowest BCUT2D eigenvalue weighted by molar-refractivity contribution is -0.192. The molecule has 1 atom stereocenters. The Morgan fingerprint density at radius 2 is 2.00 bits per heavy atom. The highest BCUT2D eigenvalue weighted by Crippen LogP contribution is 2.18. The molecule has 1 unspecified atom stereocenters. The van der Waals surface area contributed by atoms with E-state index in [0.29, 0.717) is 26.2 Å². The van der Waals surface area contributed by atoms with Crippen molar-refractivity contribution in [2.75, 3.05) is 13.1 Å². The smallest absolute Gasteiger partial charge is 0.475 e. The van der Waals surface area contributed by atoms with Crippen LogP contribution < -0.4 is 5.32 Å². The van der Waals surface area contributed by atoms with Gasteiger partial charge in [-0.2, -0.15) is 18.3 Å². The summed E-state index contributed by atoms with van der Waals surface area (Å²) in [6.07, 6.45) is -1.27. The van der Waals surface area contributed by atoms with Gasteiger partial charge in [-0.3, -0.25) is 19.2 Å². The maximum Gasteiger partial charge on any atom is 0.490 e. The number of aryl methyl sites for hydroxylation is 2. The number of hydrogen-bond acceptors (Lipinski definition) is 6. The summed E-state index contributed by atoms with van der Waals surface area (Å²) in [6, 6.07) is 3.36. The van der Waals surface area contributed by atoms with Crippen LogP contribution >= 0.6 is 0 Å². The predicted molar refractivity (Wildman–Crippen MR) is 118 cm³/mol. The molecule has 2 amide bonds. The maximum atomic E-state index is 13.1. The second-order valence-corrected chi connectivity index (χ2v) is 8.43. The van der Waals surface area contributed by atoms with Crippen LogP contribution in [0.15, 0.2) is 28.9 Å². The van der Waals surface area contributed by atoms with Crippen LogP contribution in [0.25, 0.3) is 0 Å². The fourth-order valence-electron chi connectivity index (χ4n) is 3.54. The maximum absolute atomic E-state index is 13.1. The number of carboxylic acids is 1. The minimum atomic E-state index is -5.08. The molecule has 3 rings (SSSR count). The van der Waals surface area contributed by atoms with Gasteiger partial charge in [-0.15, -0.1) is 0 Å². The molecule has 0 aliphatic carbocycles. The van der Waals surface area contributed by atoms with Crippen LogP contribution in [-0.2, 0) is 34.5 Å². The quantitative estimate of drug-likeness (QED) is 0.596. The number of aliphatic carboxylic acids is 1. The number of halogens is 3. The van der Waals surface area contributed by atoms with Crippen molar-refractivity contribution in [3.8, 4) is 0 Å². The minimum Gasteiger partial charge on any atom is -0.475 e. The lowest BCUT2D eigenvalue weighted by Gasteiger charge is -2.36. The van der Waals surface area contributed by atoms with Gasteiger partial charge in [0.1, 0.15) is 11.5 Å². The Balaban J connectivity index is 0.000000540. The van der Waals surface area contributed by atoms with Gasteiger partial charge in [0.2, 0.25) is 11.8 Å². The van der Waals surface area contributed by atoms with Gasteiger partial charge < -0.3 is 19.7 Å². The summed E-state index contributed by atoms with van der Waals surface area (Å²) in [4.78, 5) is 38.3. The first-order chi connectivity index (χ1) is 16.3. The Kier molecular flexibility index (Phi) is 9.46. The molecule has 1 saturated heterocycles. The Labute approximate surface area is 200 Å². The average molecular weight is 502 g/mol. The van der Waals surface area contributed by atoms with E-state index in [4.69, 9.17) is 14.3 Å². The van der Waals surface area contributed by atoms with E-state index in [1.54, 1.807) is 15.8 Å². The van der Waals surface area contributed by atoms with Crippen LogP contribution in [-0.4, -0.2) is 73.8 Å². The van der Waals surface area contributed by atoms with Crippen LogP contribution in [0.5, 0.6) is 0 Å². The van der Waals surface area contributed by atoms with Gasteiger partial charge >= 0.3 is 12.1 Å². The molecule has 3 heterocycles. The molecular weight excluding hydrogens is 471 g/mol. The number of alkyl halides is 3. The molecule has 1 aliphatic heterocycles. The summed E-state index contributed by atoms with van der Waals surface area (Å²) in [5, 5.41) is 14.2. The molecule has 2 N–H and O–H groups in total. The van der Waals surface area contributed by atoms with Crippen molar-refractivity contribution in [2.24, 2.45) is 7.05 Å². The van der Waals surface area contributed by atoms with Crippen LogP contribution in [0, 0.1) is 6.92 Å². The first kappa shape index (κ1) is 27.9. The second kappa shape index (κ2) is 11.9. The van der Waals surface area contributed by atoms with E-state index >= 15 is 0 Å². The minimum absolute atomic E-state index is 0.0283. The molecule has 1 aliphatic rings. The van der Waals surface area contributed by atoms with E-state index in [2.05, 4.69) is 10.4 Å². The standard InChI is InChI=1S/C20H29N5O3.C2HF3O2/c1-14(2)25(12-16-10-22-23(4)11-16)19(26)9-18-20(27)21-7-8-24(18)13-17-6-5-15(3)28-17;3-2(4,5)1(6)7/h5-6,10-11,14,18H,7-9,12-13H2,1-4H3,(H,21,27);(H,6,7).